The monoisotopic (exact) mass is 263 g/mol. The topological polar surface area (TPSA) is 61.0 Å². The Morgan fingerprint density at radius 3 is 2.61 bits per heavy atom. The maximum atomic E-state index is 5.94. The molecule has 94 valence electrons. The van der Waals surface area contributed by atoms with E-state index in [0.29, 0.717) is 23.3 Å². The van der Waals surface area contributed by atoms with E-state index in [1.54, 1.807) is 24.5 Å². The standard InChI is InChI=1S/C13H14ClN3O/c1-9-6-11(2-3-12(9)14)18-13-16-7-10(4-5-15)8-17-13/h2-3,6-8H,4-5,15H2,1H3. The molecule has 0 spiro atoms. The first-order valence-electron chi connectivity index (χ1n) is 5.64. The van der Waals surface area contributed by atoms with Crippen molar-refractivity contribution in [2.75, 3.05) is 6.54 Å². The van der Waals surface area contributed by atoms with E-state index in [1.807, 2.05) is 13.0 Å². The fourth-order valence-electron chi connectivity index (χ4n) is 1.48. The van der Waals surface area contributed by atoms with Gasteiger partial charge in [-0.15, -0.1) is 0 Å². The van der Waals surface area contributed by atoms with Crippen molar-refractivity contribution in [2.45, 2.75) is 13.3 Å². The molecule has 0 bridgehead atoms. The van der Waals surface area contributed by atoms with E-state index in [1.165, 1.54) is 0 Å². The summed E-state index contributed by atoms with van der Waals surface area (Å²) in [6.45, 7) is 2.50. The molecule has 0 unspecified atom stereocenters. The zero-order valence-electron chi connectivity index (χ0n) is 10.1. The number of ether oxygens (including phenoxy) is 1. The minimum atomic E-state index is 0.317. The van der Waals surface area contributed by atoms with Crippen molar-refractivity contribution in [3.63, 3.8) is 0 Å². The fourth-order valence-corrected chi connectivity index (χ4v) is 1.60. The van der Waals surface area contributed by atoms with Crippen LogP contribution in [-0.4, -0.2) is 16.5 Å². The summed E-state index contributed by atoms with van der Waals surface area (Å²) in [7, 11) is 0. The molecule has 2 N–H and O–H groups in total. The average Bonchev–Trinajstić information content (AvgIpc) is 2.37. The van der Waals surface area contributed by atoms with Crippen molar-refractivity contribution >= 4 is 11.6 Å². The lowest BCUT2D eigenvalue weighted by molar-refractivity contribution is 0.440. The van der Waals surface area contributed by atoms with Crippen molar-refractivity contribution in [1.29, 1.82) is 0 Å². The Morgan fingerprint density at radius 1 is 1.28 bits per heavy atom. The number of hydrogen-bond donors (Lipinski definition) is 1. The van der Waals surface area contributed by atoms with E-state index in [2.05, 4.69) is 9.97 Å². The lowest BCUT2D eigenvalue weighted by atomic mass is 10.2. The summed E-state index contributed by atoms with van der Waals surface area (Å²) < 4.78 is 5.54. The molecule has 18 heavy (non-hydrogen) atoms. The van der Waals surface area contributed by atoms with Crippen LogP contribution in [0.4, 0.5) is 0 Å². The number of hydrogen-bond acceptors (Lipinski definition) is 4. The van der Waals surface area contributed by atoms with Gasteiger partial charge >= 0.3 is 6.01 Å². The number of aryl methyl sites for hydroxylation is 1. The van der Waals surface area contributed by atoms with Crippen molar-refractivity contribution in [3.8, 4) is 11.8 Å². The van der Waals surface area contributed by atoms with E-state index in [0.717, 1.165) is 17.5 Å². The second-order valence-electron chi connectivity index (χ2n) is 3.93. The van der Waals surface area contributed by atoms with Gasteiger partial charge in [0.15, 0.2) is 0 Å². The van der Waals surface area contributed by atoms with Crippen LogP contribution in [0.2, 0.25) is 5.02 Å². The molecule has 0 saturated heterocycles. The Balaban J connectivity index is 2.10. The average molecular weight is 264 g/mol. The normalized spacial score (nSPS) is 10.4. The lowest BCUT2D eigenvalue weighted by Gasteiger charge is -2.06. The zero-order chi connectivity index (χ0) is 13.0. The Kier molecular flexibility index (Phi) is 4.12. The smallest absolute Gasteiger partial charge is 0.321 e. The largest absolute Gasteiger partial charge is 0.424 e. The molecular weight excluding hydrogens is 250 g/mol. The van der Waals surface area contributed by atoms with Gasteiger partial charge < -0.3 is 10.5 Å². The third kappa shape index (κ3) is 3.18. The Bertz CT molecular complexity index is 528. The van der Waals surface area contributed by atoms with E-state index in [-0.39, 0.29) is 0 Å². The first-order chi connectivity index (χ1) is 8.69. The van der Waals surface area contributed by atoms with Crippen LogP contribution in [0.15, 0.2) is 30.6 Å². The van der Waals surface area contributed by atoms with Gasteiger partial charge in [0.25, 0.3) is 0 Å². The molecule has 1 aromatic carbocycles. The number of aromatic nitrogens is 2. The number of nitrogens with zero attached hydrogens (tertiary/aromatic N) is 2. The molecule has 1 heterocycles. The van der Waals surface area contributed by atoms with Crippen LogP contribution in [0.3, 0.4) is 0 Å². The number of benzene rings is 1. The maximum Gasteiger partial charge on any atom is 0.321 e. The molecule has 0 amide bonds. The van der Waals surface area contributed by atoms with Crippen molar-refractivity contribution in [3.05, 3.63) is 46.7 Å². The van der Waals surface area contributed by atoms with Crippen molar-refractivity contribution in [1.82, 2.24) is 9.97 Å². The molecule has 0 aliphatic heterocycles. The molecule has 2 aromatic rings. The minimum absolute atomic E-state index is 0.317. The predicted molar refractivity (Wildman–Crippen MR) is 71.1 cm³/mol. The molecule has 0 aliphatic carbocycles. The highest BCUT2D eigenvalue weighted by Gasteiger charge is 2.03. The van der Waals surface area contributed by atoms with E-state index < -0.39 is 0 Å². The van der Waals surface area contributed by atoms with E-state index in [9.17, 15) is 0 Å². The fraction of sp³-hybridized carbons (Fsp3) is 0.231. The molecule has 0 aliphatic rings. The SMILES string of the molecule is Cc1cc(Oc2ncc(CCN)cn2)ccc1Cl. The van der Waals surface area contributed by atoms with Gasteiger partial charge in [-0.1, -0.05) is 11.6 Å². The van der Waals surface area contributed by atoms with E-state index >= 15 is 0 Å². The molecule has 0 fully saturated rings. The molecule has 5 heteroatoms. The van der Waals surface area contributed by atoms with Gasteiger partial charge in [0, 0.05) is 17.4 Å². The summed E-state index contributed by atoms with van der Waals surface area (Å²) in [6, 6.07) is 5.73. The summed E-state index contributed by atoms with van der Waals surface area (Å²) >= 11 is 5.94. The van der Waals surface area contributed by atoms with Crippen LogP contribution in [0, 0.1) is 6.92 Å². The van der Waals surface area contributed by atoms with Gasteiger partial charge in [-0.2, -0.15) is 0 Å². The van der Waals surface area contributed by atoms with Crippen molar-refractivity contribution in [2.24, 2.45) is 5.73 Å². The van der Waals surface area contributed by atoms with E-state index in [4.69, 9.17) is 22.1 Å². The van der Waals surface area contributed by atoms with Gasteiger partial charge in [-0.3, -0.25) is 0 Å². The quantitative estimate of drug-likeness (QED) is 0.921. The molecule has 0 saturated carbocycles. The Labute approximate surface area is 111 Å². The van der Waals surface area contributed by atoms with Crippen LogP contribution in [-0.2, 0) is 6.42 Å². The maximum absolute atomic E-state index is 5.94. The predicted octanol–water partition coefficient (Wildman–Crippen LogP) is 2.73. The second kappa shape index (κ2) is 5.80. The summed E-state index contributed by atoms with van der Waals surface area (Å²) in [6.07, 6.45) is 4.20. The highest BCUT2D eigenvalue weighted by Crippen LogP contribution is 2.23. The van der Waals surface area contributed by atoms with Gasteiger partial charge in [0.2, 0.25) is 0 Å². The van der Waals surface area contributed by atoms with Crippen LogP contribution >= 0.6 is 11.6 Å². The minimum Gasteiger partial charge on any atom is -0.424 e. The summed E-state index contributed by atoms with van der Waals surface area (Å²) in [5, 5.41) is 0.710. The molecule has 1 aromatic heterocycles. The van der Waals surface area contributed by atoms with Crippen LogP contribution in [0.25, 0.3) is 0 Å². The van der Waals surface area contributed by atoms with Crippen LogP contribution in [0.5, 0.6) is 11.8 Å². The number of nitrogens with two attached hydrogens (primary N) is 1. The highest BCUT2D eigenvalue weighted by molar-refractivity contribution is 6.31. The molecular formula is C13H14ClN3O. The Morgan fingerprint density at radius 2 is 2.00 bits per heavy atom. The first kappa shape index (κ1) is 12.8. The van der Waals surface area contributed by atoms with Crippen LogP contribution in [0.1, 0.15) is 11.1 Å². The highest BCUT2D eigenvalue weighted by atomic mass is 35.5. The van der Waals surface area contributed by atoms with Gasteiger partial charge in [-0.25, -0.2) is 9.97 Å². The van der Waals surface area contributed by atoms with Crippen LogP contribution < -0.4 is 10.5 Å². The molecule has 2 rings (SSSR count). The summed E-state index contributed by atoms with van der Waals surface area (Å²) in [4.78, 5) is 8.25. The first-order valence-corrected chi connectivity index (χ1v) is 6.02. The third-order valence-electron chi connectivity index (χ3n) is 2.45. The number of halogens is 1. The molecule has 0 radical (unpaired) electrons. The zero-order valence-corrected chi connectivity index (χ0v) is 10.8. The summed E-state index contributed by atoms with van der Waals surface area (Å²) in [5.41, 5.74) is 7.40. The lowest BCUT2D eigenvalue weighted by Crippen LogP contribution is -2.03. The van der Waals surface area contributed by atoms with Gasteiger partial charge in [-0.05, 0) is 49.2 Å². The van der Waals surface area contributed by atoms with Gasteiger partial charge in [0.1, 0.15) is 5.75 Å². The molecule has 4 nitrogen and oxygen atoms in total. The Hall–Kier alpha value is -1.65. The van der Waals surface area contributed by atoms with Crippen molar-refractivity contribution < 1.29 is 4.74 Å². The summed E-state index contributed by atoms with van der Waals surface area (Å²) in [5.74, 6) is 0.670. The second-order valence-corrected chi connectivity index (χ2v) is 4.33. The third-order valence-corrected chi connectivity index (χ3v) is 2.88. The number of rotatable bonds is 4. The van der Waals surface area contributed by atoms with Gasteiger partial charge in [0.05, 0.1) is 0 Å². The molecule has 0 atom stereocenters.